The van der Waals surface area contributed by atoms with Crippen molar-refractivity contribution in [3.8, 4) is 0 Å². The highest BCUT2D eigenvalue weighted by Gasteiger charge is 2.08. The van der Waals surface area contributed by atoms with Crippen LogP contribution in [0.5, 0.6) is 0 Å². The SMILES string of the molecule is CCCNC(CCc1ccccc1Cl)COC. The fraction of sp³-hybridized carbons (Fsp3) is 0.571. The summed E-state index contributed by atoms with van der Waals surface area (Å²) in [5.74, 6) is 0. The van der Waals surface area contributed by atoms with Crippen molar-refractivity contribution in [3.63, 3.8) is 0 Å². The third kappa shape index (κ3) is 5.53. The standard InChI is InChI=1S/C14H22ClNO/c1-3-10-16-13(11-17-2)9-8-12-6-4-5-7-14(12)15/h4-7,13,16H,3,8-11H2,1-2H3. The van der Waals surface area contributed by atoms with Gasteiger partial charge in [-0.15, -0.1) is 0 Å². The summed E-state index contributed by atoms with van der Waals surface area (Å²) in [6.07, 6.45) is 3.19. The van der Waals surface area contributed by atoms with Gasteiger partial charge < -0.3 is 10.1 Å². The van der Waals surface area contributed by atoms with Crippen molar-refractivity contribution in [1.82, 2.24) is 5.32 Å². The van der Waals surface area contributed by atoms with Crippen molar-refractivity contribution in [2.75, 3.05) is 20.3 Å². The number of hydrogen-bond acceptors (Lipinski definition) is 2. The van der Waals surface area contributed by atoms with E-state index in [1.165, 1.54) is 5.56 Å². The van der Waals surface area contributed by atoms with Gasteiger partial charge in [0.1, 0.15) is 0 Å². The van der Waals surface area contributed by atoms with Gasteiger partial charge in [0, 0.05) is 18.2 Å². The van der Waals surface area contributed by atoms with E-state index in [9.17, 15) is 0 Å². The van der Waals surface area contributed by atoms with Gasteiger partial charge in [-0.2, -0.15) is 0 Å². The Bertz CT molecular complexity index is 317. The van der Waals surface area contributed by atoms with Gasteiger partial charge in [-0.25, -0.2) is 0 Å². The summed E-state index contributed by atoms with van der Waals surface area (Å²) < 4.78 is 5.22. The van der Waals surface area contributed by atoms with Gasteiger partial charge in [-0.1, -0.05) is 36.7 Å². The summed E-state index contributed by atoms with van der Waals surface area (Å²) in [5, 5.41) is 4.35. The highest BCUT2D eigenvalue weighted by atomic mass is 35.5. The quantitative estimate of drug-likeness (QED) is 0.770. The number of nitrogens with one attached hydrogen (secondary N) is 1. The molecule has 1 rings (SSSR count). The van der Waals surface area contributed by atoms with E-state index in [-0.39, 0.29) is 0 Å². The van der Waals surface area contributed by atoms with Gasteiger partial charge in [-0.05, 0) is 37.4 Å². The summed E-state index contributed by atoms with van der Waals surface area (Å²) >= 11 is 6.14. The Kier molecular flexibility index (Phi) is 7.25. The highest BCUT2D eigenvalue weighted by molar-refractivity contribution is 6.31. The first-order valence-electron chi connectivity index (χ1n) is 6.23. The van der Waals surface area contributed by atoms with Crippen LogP contribution in [0.2, 0.25) is 5.02 Å². The number of ether oxygens (including phenoxy) is 1. The topological polar surface area (TPSA) is 21.3 Å². The molecule has 0 fully saturated rings. The molecule has 17 heavy (non-hydrogen) atoms. The molecule has 1 aromatic carbocycles. The second-order valence-corrected chi connectivity index (χ2v) is 4.64. The van der Waals surface area contributed by atoms with Crippen LogP contribution in [-0.4, -0.2) is 26.3 Å². The van der Waals surface area contributed by atoms with Crippen molar-refractivity contribution >= 4 is 11.6 Å². The predicted octanol–water partition coefficient (Wildman–Crippen LogP) is 3.29. The molecule has 0 amide bonds. The van der Waals surface area contributed by atoms with Crippen LogP contribution in [0.15, 0.2) is 24.3 Å². The average molecular weight is 256 g/mol. The molecule has 0 aromatic heterocycles. The summed E-state index contributed by atoms with van der Waals surface area (Å²) in [6.45, 7) is 3.96. The second-order valence-electron chi connectivity index (χ2n) is 4.24. The molecule has 96 valence electrons. The zero-order chi connectivity index (χ0) is 12.5. The minimum Gasteiger partial charge on any atom is -0.383 e. The molecule has 0 spiro atoms. The number of benzene rings is 1. The van der Waals surface area contributed by atoms with E-state index in [2.05, 4.69) is 18.3 Å². The smallest absolute Gasteiger partial charge is 0.0615 e. The average Bonchev–Trinajstić information content (AvgIpc) is 2.34. The van der Waals surface area contributed by atoms with Crippen LogP contribution in [0.1, 0.15) is 25.3 Å². The molecule has 0 aliphatic rings. The van der Waals surface area contributed by atoms with Crippen LogP contribution in [0.4, 0.5) is 0 Å². The first-order chi connectivity index (χ1) is 8.27. The molecule has 0 radical (unpaired) electrons. The van der Waals surface area contributed by atoms with Gasteiger partial charge in [0.2, 0.25) is 0 Å². The molecule has 0 saturated carbocycles. The van der Waals surface area contributed by atoms with Crippen LogP contribution in [0.25, 0.3) is 0 Å². The molecule has 1 atom stereocenters. The Morgan fingerprint density at radius 3 is 2.76 bits per heavy atom. The lowest BCUT2D eigenvalue weighted by molar-refractivity contribution is 0.162. The first-order valence-corrected chi connectivity index (χ1v) is 6.61. The van der Waals surface area contributed by atoms with Crippen molar-refractivity contribution in [3.05, 3.63) is 34.9 Å². The second kappa shape index (κ2) is 8.51. The largest absolute Gasteiger partial charge is 0.383 e. The van der Waals surface area contributed by atoms with Crippen LogP contribution in [-0.2, 0) is 11.2 Å². The molecule has 1 unspecified atom stereocenters. The van der Waals surface area contributed by atoms with Crippen LogP contribution >= 0.6 is 11.6 Å². The van der Waals surface area contributed by atoms with Crippen molar-refractivity contribution in [2.24, 2.45) is 0 Å². The lowest BCUT2D eigenvalue weighted by atomic mass is 10.1. The zero-order valence-corrected chi connectivity index (χ0v) is 11.5. The number of hydrogen-bond donors (Lipinski definition) is 1. The van der Waals surface area contributed by atoms with Crippen molar-refractivity contribution in [2.45, 2.75) is 32.2 Å². The van der Waals surface area contributed by atoms with E-state index in [0.29, 0.717) is 6.04 Å². The molecular weight excluding hydrogens is 234 g/mol. The zero-order valence-electron chi connectivity index (χ0n) is 10.7. The predicted molar refractivity (Wildman–Crippen MR) is 73.7 cm³/mol. The van der Waals surface area contributed by atoms with Gasteiger partial charge in [-0.3, -0.25) is 0 Å². The van der Waals surface area contributed by atoms with Gasteiger partial charge >= 0.3 is 0 Å². The Balaban J connectivity index is 2.42. The van der Waals surface area contributed by atoms with Gasteiger partial charge in [0.05, 0.1) is 6.61 Å². The van der Waals surface area contributed by atoms with Crippen LogP contribution in [0.3, 0.4) is 0 Å². The Morgan fingerprint density at radius 1 is 1.35 bits per heavy atom. The Labute approximate surface area is 109 Å². The van der Waals surface area contributed by atoms with E-state index < -0.39 is 0 Å². The van der Waals surface area contributed by atoms with Crippen molar-refractivity contribution in [1.29, 1.82) is 0 Å². The van der Waals surface area contributed by atoms with Gasteiger partial charge in [0.25, 0.3) is 0 Å². The molecule has 2 nitrogen and oxygen atoms in total. The first kappa shape index (κ1) is 14.5. The molecule has 3 heteroatoms. The fourth-order valence-electron chi connectivity index (χ4n) is 1.82. The van der Waals surface area contributed by atoms with Gasteiger partial charge in [0.15, 0.2) is 0 Å². The molecule has 1 N–H and O–H groups in total. The summed E-state index contributed by atoms with van der Waals surface area (Å²) in [6, 6.07) is 8.45. The molecular formula is C14H22ClNO. The minimum absolute atomic E-state index is 0.413. The molecule has 0 aliphatic heterocycles. The third-order valence-electron chi connectivity index (χ3n) is 2.77. The van der Waals surface area contributed by atoms with Crippen LogP contribution < -0.4 is 5.32 Å². The maximum absolute atomic E-state index is 6.14. The molecule has 0 saturated heterocycles. The molecule has 0 bridgehead atoms. The third-order valence-corrected chi connectivity index (χ3v) is 3.14. The molecule has 1 aromatic rings. The summed E-state index contributed by atoms with van der Waals surface area (Å²) in [5.41, 5.74) is 1.22. The lowest BCUT2D eigenvalue weighted by Crippen LogP contribution is -2.34. The van der Waals surface area contributed by atoms with E-state index >= 15 is 0 Å². The number of rotatable bonds is 8. The maximum atomic E-state index is 6.14. The fourth-order valence-corrected chi connectivity index (χ4v) is 2.06. The molecule has 0 aliphatic carbocycles. The van der Waals surface area contributed by atoms with Crippen molar-refractivity contribution < 1.29 is 4.74 Å². The number of halogens is 1. The molecule has 0 heterocycles. The summed E-state index contributed by atoms with van der Waals surface area (Å²) in [4.78, 5) is 0. The van der Waals surface area contributed by atoms with Crippen LogP contribution in [0, 0.1) is 0 Å². The Morgan fingerprint density at radius 2 is 2.12 bits per heavy atom. The van der Waals surface area contributed by atoms with E-state index in [1.807, 2.05) is 18.2 Å². The lowest BCUT2D eigenvalue weighted by Gasteiger charge is -2.17. The maximum Gasteiger partial charge on any atom is 0.0615 e. The summed E-state index contributed by atoms with van der Waals surface area (Å²) in [7, 11) is 1.75. The number of methoxy groups -OCH3 is 1. The van der Waals surface area contributed by atoms with E-state index in [4.69, 9.17) is 16.3 Å². The monoisotopic (exact) mass is 255 g/mol. The normalized spacial score (nSPS) is 12.6. The van der Waals surface area contributed by atoms with E-state index in [1.54, 1.807) is 7.11 Å². The number of aryl methyl sites for hydroxylation is 1. The minimum atomic E-state index is 0.413. The highest BCUT2D eigenvalue weighted by Crippen LogP contribution is 2.17. The Hall–Kier alpha value is -0.570. The van der Waals surface area contributed by atoms with E-state index in [0.717, 1.165) is 37.4 Å².